The average Bonchev–Trinajstić information content (AvgIpc) is 3.66. The van der Waals surface area contributed by atoms with E-state index in [0.29, 0.717) is 43.6 Å². The molecule has 2 aliphatic heterocycles. The predicted molar refractivity (Wildman–Crippen MR) is 162 cm³/mol. The number of anilines is 1. The van der Waals surface area contributed by atoms with Crippen LogP contribution < -0.4 is 15.4 Å². The van der Waals surface area contributed by atoms with Crippen LogP contribution >= 0.6 is 0 Å². The van der Waals surface area contributed by atoms with Crippen molar-refractivity contribution in [1.82, 2.24) is 14.9 Å². The molecule has 2 aliphatic rings. The third-order valence-corrected chi connectivity index (χ3v) is 8.79. The van der Waals surface area contributed by atoms with Gasteiger partial charge in [-0.2, -0.15) is 4.72 Å². The summed E-state index contributed by atoms with van der Waals surface area (Å²) in [5.74, 6) is -2.12. The first-order chi connectivity index (χ1) is 20.7. The van der Waals surface area contributed by atoms with E-state index in [4.69, 9.17) is 9.47 Å². The summed E-state index contributed by atoms with van der Waals surface area (Å²) in [4.78, 5) is 52.6. The number of sulfonamides is 1. The van der Waals surface area contributed by atoms with Crippen molar-refractivity contribution in [2.75, 3.05) is 18.4 Å². The molecule has 2 heterocycles. The van der Waals surface area contributed by atoms with Crippen LogP contribution in [0.2, 0.25) is 0 Å². The van der Waals surface area contributed by atoms with Gasteiger partial charge < -0.3 is 20.1 Å². The monoisotopic (exact) mass is 628 g/mol. The highest BCUT2D eigenvalue weighted by Crippen LogP contribution is 2.23. The number of rotatable bonds is 9. The predicted octanol–water partition coefficient (Wildman–Crippen LogP) is 3.04. The van der Waals surface area contributed by atoms with Gasteiger partial charge in [0.1, 0.15) is 23.7 Å². The zero-order chi connectivity index (χ0) is 32.1. The van der Waals surface area contributed by atoms with E-state index < -0.39 is 51.8 Å². The molecule has 0 spiro atoms. The molecule has 2 saturated heterocycles. The van der Waals surface area contributed by atoms with Crippen molar-refractivity contribution in [2.45, 2.75) is 88.4 Å². The number of carbonyl (C=O) groups is 4. The second-order valence-corrected chi connectivity index (χ2v) is 13.8. The molecule has 0 bridgehead atoms. The van der Waals surface area contributed by atoms with E-state index in [1.807, 2.05) is 6.92 Å². The fourth-order valence-corrected chi connectivity index (χ4v) is 6.22. The van der Waals surface area contributed by atoms with Gasteiger partial charge in [-0.05, 0) is 96.2 Å². The average molecular weight is 629 g/mol. The Kier molecular flexibility index (Phi) is 10.4. The fourth-order valence-electron chi connectivity index (χ4n) is 5.04. The molecule has 3 atom stereocenters. The lowest BCUT2D eigenvalue weighted by atomic mass is 10.1. The molecule has 2 fully saturated rings. The standard InChI is InChI=1S/C31H40N4O8S/c1-20-9-15-23(16-10-20)44(40,41)34-25(29(38)42-28(37)24-7-5-17-32-24)19-21-11-13-22(14-12-21)33-27(36)26-8-6-18-35(26)30(39)43-31(2,3)4/h9-16,24-26,32,34H,5-8,17-19H2,1-4H3,(H,33,36)/t24-,25-,26-/m0/s1. The SMILES string of the molecule is Cc1ccc(S(=O)(=O)N[C@@H](Cc2ccc(NC(=O)[C@@H]3CCCN3C(=O)OC(C)(C)C)cc2)C(=O)OC(=O)[C@@H]2CCCN2)cc1. The van der Waals surface area contributed by atoms with Crippen molar-refractivity contribution in [3.05, 3.63) is 59.7 Å². The van der Waals surface area contributed by atoms with Crippen LogP contribution in [0.5, 0.6) is 0 Å². The zero-order valence-electron chi connectivity index (χ0n) is 25.4. The van der Waals surface area contributed by atoms with Gasteiger partial charge in [-0.3, -0.25) is 9.69 Å². The summed E-state index contributed by atoms with van der Waals surface area (Å²) in [6.45, 7) is 8.16. The lowest BCUT2D eigenvalue weighted by molar-refractivity contribution is -0.162. The molecular formula is C31H40N4O8S. The first-order valence-corrected chi connectivity index (χ1v) is 16.2. The Labute approximate surface area is 257 Å². The molecule has 4 rings (SSSR count). The Morgan fingerprint density at radius 2 is 1.68 bits per heavy atom. The first-order valence-electron chi connectivity index (χ1n) is 14.7. The number of likely N-dealkylation sites (tertiary alicyclic amines) is 1. The van der Waals surface area contributed by atoms with Gasteiger partial charge in [-0.15, -0.1) is 0 Å². The minimum Gasteiger partial charge on any atom is -0.444 e. The van der Waals surface area contributed by atoms with E-state index >= 15 is 0 Å². The Balaban J connectivity index is 1.45. The minimum atomic E-state index is -4.13. The maximum Gasteiger partial charge on any atom is 0.410 e. The van der Waals surface area contributed by atoms with Crippen molar-refractivity contribution >= 4 is 39.6 Å². The van der Waals surface area contributed by atoms with Gasteiger partial charge in [0.05, 0.1) is 4.90 Å². The van der Waals surface area contributed by atoms with Crippen LogP contribution in [-0.2, 0) is 40.3 Å². The van der Waals surface area contributed by atoms with Crippen molar-refractivity contribution < 1.29 is 37.1 Å². The van der Waals surface area contributed by atoms with Gasteiger partial charge in [-0.25, -0.2) is 22.8 Å². The molecule has 238 valence electrons. The Hall–Kier alpha value is -3.81. The summed E-state index contributed by atoms with van der Waals surface area (Å²) >= 11 is 0. The van der Waals surface area contributed by atoms with E-state index in [2.05, 4.69) is 15.4 Å². The van der Waals surface area contributed by atoms with E-state index in [0.717, 1.165) is 12.0 Å². The fraction of sp³-hybridized carbons (Fsp3) is 0.484. The zero-order valence-corrected chi connectivity index (χ0v) is 26.2. The number of carbonyl (C=O) groups excluding carboxylic acids is 4. The minimum absolute atomic E-state index is 0.0323. The van der Waals surface area contributed by atoms with Crippen LogP contribution in [0.4, 0.5) is 10.5 Å². The summed E-state index contributed by atoms with van der Waals surface area (Å²) in [6.07, 6.45) is 1.81. The number of esters is 2. The molecule has 0 radical (unpaired) electrons. The molecule has 2 aromatic carbocycles. The van der Waals surface area contributed by atoms with Crippen LogP contribution in [0.25, 0.3) is 0 Å². The number of aryl methyl sites for hydroxylation is 1. The maximum atomic E-state index is 13.1. The summed E-state index contributed by atoms with van der Waals surface area (Å²) in [5.41, 5.74) is 1.19. The van der Waals surface area contributed by atoms with Crippen LogP contribution in [0.3, 0.4) is 0 Å². The lowest BCUT2D eigenvalue weighted by Gasteiger charge is -2.28. The van der Waals surface area contributed by atoms with Gasteiger partial charge in [0, 0.05) is 12.2 Å². The van der Waals surface area contributed by atoms with Crippen LogP contribution in [0.15, 0.2) is 53.4 Å². The number of amides is 2. The number of hydrogen-bond acceptors (Lipinski definition) is 9. The summed E-state index contributed by atoms with van der Waals surface area (Å²) < 4.78 is 39.2. The van der Waals surface area contributed by atoms with Crippen molar-refractivity contribution in [2.24, 2.45) is 0 Å². The number of hydrogen-bond donors (Lipinski definition) is 3. The Bertz CT molecular complexity index is 1460. The van der Waals surface area contributed by atoms with Crippen LogP contribution in [0.1, 0.15) is 57.6 Å². The third-order valence-electron chi connectivity index (χ3n) is 7.30. The van der Waals surface area contributed by atoms with Crippen molar-refractivity contribution in [3.8, 4) is 0 Å². The molecule has 12 nitrogen and oxygen atoms in total. The van der Waals surface area contributed by atoms with Gasteiger partial charge in [0.25, 0.3) is 0 Å². The molecule has 2 aromatic rings. The molecule has 44 heavy (non-hydrogen) atoms. The van der Waals surface area contributed by atoms with E-state index in [9.17, 15) is 27.6 Å². The van der Waals surface area contributed by atoms with Crippen LogP contribution in [0, 0.1) is 6.92 Å². The molecule has 0 aromatic heterocycles. The number of nitrogens with zero attached hydrogens (tertiary/aromatic N) is 1. The Morgan fingerprint density at radius 1 is 1.00 bits per heavy atom. The lowest BCUT2D eigenvalue weighted by Crippen LogP contribution is -2.45. The van der Waals surface area contributed by atoms with E-state index in [1.165, 1.54) is 17.0 Å². The highest BCUT2D eigenvalue weighted by molar-refractivity contribution is 7.89. The van der Waals surface area contributed by atoms with Gasteiger partial charge in [0.2, 0.25) is 15.9 Å². The second-order valence-electron chi connectivity index (χ2n) is 12.1. The molecule has 3 N–H and O–H groups in total. The topological polar surface area (TPSA) is 160 Å². The van der Waals surface area contributed by atoms with E-state index in [1.54, 1.807) is 57.2 Å². The Morgan fingerprint density at radius 3 is 2.30 bits per heavy atom. The normalized spacial score (nSPS) is 19.3. The van der Waals surface area contributed by atoms with Crippen molar-refractivity contribution in [3.63, 3.8) is 0 Å². The summed E-state index contributed by atoms with van der Waals surface area (Å²) in [5, 5.41) is 5.78. The second kappa shape index (κ2) is 13.9. The van der Waals surface area contributed by atoms with Crippen molar-refractivity contribution in [1.29, 1.82) is 0 Å². The molecule has 0 saturated carbocycles. The first kappa shape index (κ1) is 33.1. The van der Waals surface area contributed by atoms with Gasteiger partial charge in [0.15, 0.2) is 0 Å². The smallest absolute Gasteiger partial charge is 0.410 e. The molecule has 0 aliphatic carbocycles. The molecular weight excluding hydrogens is 588 g/mol. The highest BCUT2D eigenvalue weighted by atomic mass is 32.2. The summed E-state index contributed by atoms with van der Waals surface area (Å²) in [6, 6.07) is 9.95. The quantitative estimate of drug-likeness (QED) is 0.280. The molecule has 2 amide bonds. The van der Waals surface area contributed by atoms with Gasteiger partial charge >= 0.3 is 18.0 Å². The molecule has 0 unspecified atom stereocenters. The number of nitrogens with one attached hydrogen (secondary N) is 3. The number of ether oxygens (including phenoxy) is 2. The van der Waals surface area contributed by atoms with E-state index in [-0.39, 0.29) is 17.2 Å². The molecule has 13 heteroatoms. The summed E-state index contributed by atoms with van der Waals surface area (Å²) in [7, 11) is -4.13. The highest BCUT2D eigenvalue weighted by Gasteiger charge is 2.37. The van der Waals surface area contributed by atoms with Crippen LogP contribution in [-0.4, -0.2) is 74.1 Å². The number of benzene rings is 2. The largest absolute Gasteiger partial charge is 0.444 e. The van der Waals surface area contributed by atoms with Gasteiger partial charge in [-0.1, -0.05) is 29.8 Å². The third kappa shape index (κ3) is 8.87. The maximum absolute atomic E-state index is 13.1.